The number of halogens is 2. The van der Waals surface area contributed by atoms with Crippen LogP contribution in [0.1, 0.15) is 22.3 Å². The first-order valence-corrected chi connectivity index (χ1v) is 11.5. The van der Waals surface area contributed by atoms with Gasteiger partial charge in [-0.25, -0.2) is 4.98 Å². The van der Waals surface area contributed by atoms with Crippen LogP contribution in [0, 0.1) is 6.92 Å². The largest absolute Gasteiger partial charge is 0.379 e. The third-order valence-electron chi connectivity index (χ3n) is 5.04. The predicted octanol–water partition coefficient (Wildman–Crippen LogP) is 5.16. The Bertz CT molecular complexity index is 1010. The van der Waals surface area contributed by atoms with E-state index in [-0.39, 0.29) is 18.3 Å². The van der Waals surface area contributed by atoms with E-state index < -0.39 is 0 Å². The van der Waals surface area contributed by atoms with Crippen LogP contribution in [0.4, 0.5) is 5.13 Å². The number of aryl methyl sites for hydroxylation is 1. The van der Waals surface area contributed by atoms with Gasteiger partial charge in [-0.15, -0.1) is 12.4 Å². The molecule has 0 unspecified atom stereocenters. The first-order chi connectivity index (χ1) is 14.1. The number of carbonyl (C=O) groups is 1. The lowest BCUT2D eigenvalue weighted by atomic mass is 10.2. The normalized spacial score (nSPS) is 14.5. The molecule has 0 N–H and O–H groups in total. The smallest absolute Gasteiger partial charge is 0.260 e. The second kappa shape index (κ2) is 10.7. The molecule has 0 atom stereocenters. The third kappa shape index (κ3) is 5.59. The third-order valence-corrected chi connectivity index (χ3v) is 6.57. The maximum atomic E-state index is 13.4. The van der Waals surface area contributed by atoms with Crippen molar-refractivity contribution >= 4 is 60.9 Å². The molecule has 0 aliphatic carbocycles. The molecule has 1 amide bonds. The molecule has 0 saturated carbocycles. The summed E-state index contributed by atoms with van der Waals surface area (Å²) in [5, 5.41) is 0.762. The number of hydrogen-bond donors (Lipinski definition) is 0. The summed E-state index contributed by atoms with van der Waals surface area (Å²) in [6.07, 6.45) is 0.898. The maximum absolute atomic E-state index is 13.4. The van der Waals surface area contributed by atoms with Crippen molar-refractivity contribution in [3.63, 3.8) is 0 Å². The molecule has 2 heterocycles. The van der Waals surface area contributed by atoms with Crippen LogP contribution >= 0.6 is 39.7 Å². The molecule has 1 aliphatic heterocycles. The lowest BCUT2D eigenvalue weighted by molar-refractivity contribution is 0.0376. The minimum atomic E-state index is -0.0101. The molecule has 1 saturated heterocycles. The molecule has 0 spiro atoms. The fourth-order valence-corrected chi connectivity index (χ4v) is 4.96. The standard InChI is InChI=1S/C22H24BrN3O2S.ClH/c1-16-6-7-19-20(14-16)29-22(24-19)26(9-3-8-25-10-12-28-13-11-25)21(27)17-4-2-5-18(23)15-17;/h2,4-7,14-15H,3,8-13H2,1H3;1H. The van der Waals surface area contributed by atoms with Gasteiger partial charge in [-0.2, -0.15) is 0 Å². The number of rotatable bonds is 6. The molecule has 2 aromatic carbocycles. The van der Waals surface area contributed by atoms with Crippen LogP contribution in [0.3, 0.4) is 0 Å². The van der Waals surface area contributed by atoms with Gasteiger partial charge >= 0.3 is 0 Å². The number of morpholine rings is 1. The van der Waals surface area contributed by atoms with Gasteiger partial charge in [-0.1, -0.05) is 39.4 Å². The number of hydrogen-bond acceptors (Lipinski definition) is 5. The van der Waals surface area contributed by atoms with Gasteiger partial charge in [-0.05, 0) is 49.2 Å². The van der Waals surface area contributed by atoms with E-state index in [0.717, 1.165) is 59.1 Å². The van der Waals surface area contributed by atoms with Gasteiger partial charge in [0.15, 0.2) is 5.13 Å². The number of nitrogens with zero attached hydrogens (tertiary/aromatic N) is 3. The van der Waals surface area contributed by atoms with Crippen LogP contribution in [0.25, 0.3) is 10.2 Å². The van der Waals surface area contributed by atoms with Gasteiger partial charge in [0.1, 0.15) is 0 Å². The van der Waals surface area contributed by atoms with Gasteiger partial charge in [-0.3, -0.25) is 14.6 Å². The van der Waals surface area contributed by atoms with E-state index in [2.05, 4.69) is 39.9 Å². The summed E-state index contributed by atoms with van der Waals surface area (Å²) in [6, 6.07) is 13.8. The van der Waals surface area contributed by atoms with Crippen LogP contribution < -0.4 is 4.90 Å². The molecule has 3 aromatic rings. The van der Waals surface area contributed by atoms with Crippen molar-refractivity contribution in [3.8, 4) is 0 Å². The fraction of sp³-hybridized carbons (Fsp3) is 0.364. The molecule has 160 valence electrons. The zero-order valence-corrected chi connectivity index (χ0v) is 20.1. The van der Waals surface area contributed by atoms with Crippen LogP contribution in [-0.4, -0.2) is 55.2 Å². The van der Waals surface area contributed by atoms with Gasteiger partial charge in [0.05, 0.1) is 23.4 Å². The quantitative estimate of drug-likeness (QED) is 0.460. The summed E-state index contributed by atoms with van der Waals surface area (Å²) >= 11 is 5.06. The van der Waals surface area contributed by atoms with Crippen molar-refractivity contribution in [3.05, 3.63) is 58.1 Å². The van der Waals surface area contributed by atoms with Crippen molar-refractivity contribution < 1.29 is 9.53 Å². The number of thiazole rings is 1. The number of ether oxygens (including phenoxy) is 1. The summed E-state index contributed by atoms with van der Waals surface area (Å²) in [6.45, 7) is 7.17. The molecular weight excluding hydrogens is 486 g/mol. The first kappa shape index (κ1) is 23.2. The highest BCUT2D eigenvalue weighted by molar-refractivity contribution is 9.10. The van der Waals surface area contributed by atoms with Crippen molar-refractivity contribution in [2.75, 3.05) is 44.3 Å². The molecule has 0 radical (unpaired) electrons. The summed E-state index contributed by atoms with van der Waals surface area (Å²) in [7, 11) is 0. The molecule has 1 fully saturated rings. The van der Waals surface area contributed by atoms with Crippen molar-refractivity contribution in [1.82, 2.24) is 9.88 Å². The Morgan fingerprint density at radius 3 is 2.80 bits per heavy atom. The summed E-state index contributed by atoms with van der Waals surface area (Å²) < 4.78 is 7.44. The Kier molecular flexibility index (Phi) is 8.25. The summed E-state index contributed by atoms with van der Waals surface area (Å²) in [5.41, 5.74) is 2.81. The van der Waals surface area contributed by atoms with E-state index in [9.17, 15) is 4.79 Å². The van der Waals surface area contributed by atoms with Gasteiger partial charge in [0, 0.05) is 36.2 Å². The summed E-state index contributed by atoms with van der Waals surface area (Å²) in [4.78, 5) is 22.4. The Morgan fingerprint density at radius 2 is 2.03 bits per heavy atom. The average Bonchev–Trinajstić information content (AvgIpc) is 3.14. The SMILES string of the molecule is Cc1ccc2nc(N(CCCN3CCOCC3)C(=O)c3cccc(Br)c3)sc2c1.Cl. The Hall–Kier alpha value is -1.51. The minimum absolute atomic E-state index is 0. The van der Waals surface area contributed by atoms with Crippen molar-refractivity contribution in [2.45, 2.75) is 13.3 Å². The summed E-state index contributed by atoms with van der Waals surface area (Å²) in [5.74, 6) is -0.0101. The van der Waals surface area contributed by atoms with Crippen molar-refractivity contribution in [2.24, 2.45) is 0 Å². The van der Waals surface area contributed by atoms with Crippen LogP contribution in [0.15, 0.2) is 46.9 Å². The second-order valence-corrected chi connectivity index (χ2v) is 9.17. The van der Waals surface area contributed by atoms with E-state index in [4.69, 9.17) is 9.72 Å². The van der Waals surface area contributed by atoms with Crippen LogP contribution in [-0.2, 0) is 4.74 Å². The lowest BCUT2D eigenvalue weighted by Gasteiger charge is -2.27. The second-order valence-electron chi connectivity index (χ2n) is 7.24. The number of fused-ring (bicyclic) bond motifs is 1. The fourth-order valence-electron chi connectivity index (χ4n) is 3.47. The van der Waals surface area contributed by atoms with Crippen molar-refractivity contribution in [1.29, 1.82) is 0 Å². The number of benzene rings is 2. The molecule has 1 aliphatic rings. The molecule has 1 aromatic heterocycles. The van der Waals surface area contributed by atoms with Gasteiger partial charge < -0.3 is 4.74 Å². The van der Waals surface area contributed by atoms with Crippen LogP contribution in [0.5, 0.6) is 0 Å². The van der Waals surface area contributed by atoms with E-state index in [1.165, 1.54) is 5.56 Å². The average molecular weight is 511 g/mol. The molecule has 4 rings (SSSR count). The van der Waals surface area contributed by atoms with E-state index in [1.54, 1.807) is 11.3 Å². The number of anilines is 1. The monoisotopic (exact) mass is 509 g/mol. The number of carbonyl (C=O) groups excluding carboxylic acids is 1. The van der Waals surface area contributed by atoms with E-state index in [1.807, 2.05) is 35.2 Å². The first-order valence-electron chi connectivity index (χ1n) is 9.85. The minimum Gasteiger partial charge on any atom is -0.379 e. The van der Waals surface area contributed by atoms with E-state index in [0.29, 0.717) is 12.1 Å². The zero-order chi connectivity index (χ0) is 20.2. The Labute approximate surface area is 195 Å². The van der Waals surface area contributed by atoms with Crippen LogP contribution in [0.2, 0.25) is 0 Å². The lowest BCUT2D eigenvalue weighted by Crippen LogP contribution is -2.39. The molecule has 8 heteroatoms. The Morgan fingerprint density at radius 1 is 1.23 bits per heavy atom. The predicted molar refractivity (Wildman–Crippen MR) is 129 cm³/mol. The topological polar surface area (TPSA) is 45.7 Å². The highest BCUT2D eigenvalue weighted by atomic mass is 79.9. The maximum Gasteiger partial charge on any atom is 0.260 e. The van der Waals surface area contributed by atoms with Gasteiger partial charge in [0.2, 0.25) is 0 Å². The molecule has 0 bridgehead atoms. The zero-order valence-electron chi connectivity index (χ0n) is 16.8. The highest BCUT2D eigenvalue weighted by Gasteiger charge is 2.22. The molecular formula is C22H25BrClN3O2S. The molecule has 5 nitrogen and oxygen atoms in total. The highest BCUT2D eigenvalue weighted by Crippen LogP contribution is 2.31. The molecule has 30 heavy (non-hydrogen) atoms. The number of amides is 1. The Balaban J connectivity index is 0.00000256. The van der Waals surface area contributed by atoms with E-state index >= 15 is 0 Å². The van der Waals surface area contributed by atoms with Gasteiger partial charge in [0.25, 0.3) is 5.91 Å². The number of aromatic nitrogens is 1.